The number of hydrogen-bond donors (Lipinski definition) is 2. The number of halogens is 1. The summed E-state index contributed by atoms with van der Waals surface area (Å²) in [7, 11) is 0. The van der Waals surface area contributed by atoms with E-state index in [2.05, 4.69) is 10.6 Å². The highest BCUT2D eigenvalue weighted by atomic mass is 19.1. The molecule has 1 unspecified atom stereocenters. The molecule has 2 aromatic rings. The summed E-state index contributed by atoms with van der Waals surface area (Å²) >= 11 is 0. The van der Waals surface area contributed by atoms with Gasteiger partial charge in [-0.25, -0.2) is 4.39 Å². The van der Waals surface area contributed by atoms with E-state index in [-0.39, 0.29) is 24.2 Å². The number of hydrogen-bond acceptors (Lipinski definition) is 2. The maximum Gasteiger partial charge on any atom is 0.244 e. The molecule has 4 nitrogen and oxygen atoms in total. The van der Waals surface area contributed by atoms with Crippen LogP contribution in [-0.2, 0) is 16.1 Å². The Morgan fingerprint density at radius 2 is 1.75 bits per heavy atom. The Labute approximate surface area is 140 Å². The molecular weight excluding hydrogens is 307 g/mol. The smallest absolute Gasteiger partial charge is 0.244 e. The molecule has 0 aliphatic heterocycles. The van der Waals surface area contributed by atoms with Crippen molar-refractivity contribution in [1.29, 1.82) is 0 Å². The molecule has 0 bridgehead atoms. The van der Waals surface area contributed by atoms with Gasteiger partial charge < -0.3 is 10.6 Å². The van der Waals surface area contributed by atoms with Crippen LogP contribution in [0.3, 0.4) is 0 Å². The maximum absolute atomic E-state index is 12.8. The van der Waals surface area contributed by atoms with Gasteiger partial charge in [0.05, 0.1) is 0 Å². The Morgan fingerprint density at radius 1 is 1.08 bits per heavy atom. The van der Waals surface area contributed by atoms with Crippen molar-refractivity contribution < 1.29 is 14.0 Å². The zero-order valence-corrected chi connectivity index (χ0v) is 13.3. The first-order valence-corrected chi connectivity index (χ1v) is 7.60. The van der Waals surface area contributed by atoms with Gasteiger partial charge in [-0.2, -0.15) is 0 Å². The molecule has 24 heavy (non-hydrogen) atoms. The molecule has 124 valence electrons. The molecule has 0 saturated heterocycles. The maximum atomic E-state index is 12.8. The van der Waals surface area contributed by atoms with E-state index in [1.54, 1.807) is 25.1 Å². The number of rotatable bonds is 6. The fourth-order valence-electron chi connectivity index (χ4n) is 2.01. The normalized spacial score (nSPS) is 11.9. The summed E-state index contributed by atoms with van der Waals surface area (Å²) in [5.41, 5.74) is 1.69. The number of carbonyl (C=O) groups is 2. The number of benzene rings is 2. The average molecular weight is 326 g/mol. The van der Waals surface area contributed by atoms with Crippen molar-refractivity contribution in [3.05, 3.63) is 77.6 Å². The Morgan fingerprint density at radius 3 is 2.42 bits per heavy atom. The van der Waals surface area contributed by atoms with Gasteiger partial charge in [-0.15, -0.1) is 0 Å². The minimum Gasteiger partial charge on any atom is -0.350 e. The highest BCUT2D eigenvalue weighted by molar-refractivity contribution is 5.95. The van der Waals surface area contributed by atoms with Gasteiger partial charge in [0.15, 0.2) is 0 Å². The first-order valence-electron chi connectivity index (χ1n) is 7.60. The summed E-state index contributed by atoms with van der Waals surface area (Å²) in [5.74, 6) is -0.972. The van der Waals surface area contributed by atoms with Crippen LogP contribution in [0.4, 0.5) is 4.39 Å². The van der Waals surface area contributed by atoms with E-state index in [1.807, 2.05) is 30.3 Å². The predicted molar refractivity (Wildman–Crippen MR) is 91.3 cm³/mol. The summed E-state index contributed by atoms with van der Waals surface area (Å²) in [6.07, 6.45) is 3.07. The molecule has 2 amide bonds. The fraction of sp³-hybridized carbons (Fsp3) is 0.158. The van der Waals surface area contributed by atoms with E-state index in [4.69, 9.17) is 0 Å². The SMILES string of the molecule is CC(NC(=O)/C=C/c1ccccc1)C(=O)NCc1ccc(F)cc1. The minimum absolute atomic E-state index is 0.277. The zero-order chi connectivity index (χ0) is 17.4. The monoisotopic (exact) mass is 326 g/mol. The van der Waals surface area contributed by atoms with E-state index in [0.29, 0.717) is 0 Å². The van der Waals surface area contributed by atoms with Gasteiger partial charge in [-0.1, -0.05) is 42.5 Å². The van der Waals surface area contributed by atoms with Crippen molar-refractivity contribution in [2.75, 3.05) is 0 Å². The first-order chi connectivity index (χ1) is 11.5. The second-order valence-electron chi connectivity index (χ2n) is 5.32. The van der Waals surface area contributed by atoms with Gasteiger partial charge in [0.2, 0.25) is 11.8 Å². The Balaban J connectivity index is 1.79. The molecule has 2 N–H and O–H groups in total. The molecule has 0 heterocycles. The topological polar surface area (TPSA) is 58.2 Å². The fourth-order valence-corrected chi connectivity index (χ4v) is 2.01. The van der Waals surface area contributed by atoms with Crippen LogP contribution in [0.25, 0.3) is 6.08 Å². The molecule has 0 aliphatic carbocycles. The summed E-state index contributed by atoms with van der Waals surface area (Å²) < 4.78 is 12.8. The van der Waals surface area contributed by atoms with Gasteiger partial charge in [0.1, 0.15) is 11.9 Å². The minimum atomic E-state index is -0.668. The quantitative estimate of drug-likeness (QED) is 0.802. The van der Waals surface area contributed by atoms with Crippen LogP contribution in [0.5, 0.6) is 0 Å². The third-order valence-electron chi connectivity index (χ3n) is 3.36. The van der Waals surface area contributed by atoms with Crippen molar-refractivity contribution in [2.24, 2.45) is 0 Å². The number of carbonyl (C=O) groups excluding carboxylic acids is 2. The van der Waals surface area contributed by atoms with Crippen LogP contribution < -0.4 is 10.6 Å². The van der Waals surface area contributed by atoms with Crippen LogP contribution >= 0.6 is 0 Å². The lowest BCUT2D eigenvalue weighted by Gasteiger charge is -2.13. The Bertz CT molecular complexity index is 712. The van der Waals surface area contributed by atoms with Crippen LogP contribution in [0.2, 0.25) is 0 Å². The number of amides is 2. The summed E-state index contributed by atoms with van der Waals surface area (Å²) in [6, 6.07) is 14.6. The lowest BCUT2D eigenvalue weighted by molar-refractivity contribution is -0.126. The van der Waals surface area contributed by atoms with Crippen molar-refractivity contribution in [2.45, 2.75) is 19.5 Å². The highest BCUT2D eigenvalue weighted by Gasteiger charge is 2.13. The van der Waals surface area contributed by atoms with Gasteiger partial charge >= 0.3 is 0 Å². The first kappa shape index (κ1) is 17.4. The van der Waals surface area contributed by atoms with Gasteiger partial charge in [0.25, 0.3) is 0 Å². The Kier molecular flexibility index (Phi) is 6.25. The van der Waals surface area contributed by atoms with E-state index >= 15 is 0 Å². The van der Waals surface area contributed by atoms with Crippen LogP contribution in [-0.4, -0.2) is 17.9 Å². The molecule has 0 spiro atoms. The van der Waals surface area contributed by atoms with Crippen molar-refractivity contribution in [1.82, 2.24) is 10.6 Å². The van der Waals surface area contributed by atoms with Crippen molar-refractivity contribution >= 4 is 17.9 Å². The number of nitrogens with one attached hydrogen (secondary N) is 2. The molecule has 2 rings (SSSR count). The molecule has 1 atom stereocenters. The predicted octanol–water partition coefficient (Wildman–Crippen LogP) is 2.66. The molecule has 2 aromatic carbocycles. The van der Waals surface area contributed by atoms with Gasteiger partial charge in [-0.3, -0.25) is 9.59 Å². The largest absolute Gasteiger partial charge is 0.350 e. The third kappa shape index (κ3) is 5.68. The van der Waals surface area contributed by atoms with Gasteiger partial charge in [-0.05, 0) is 36.3 Å². The molecular formula is C19H19FN2O2. The molecule has 0 aromatic heterocycles. The lowest BCUT2D eigenvalue weighted by atomic mass is 10.2. The molecule has 0 aliphatic rings. The summed E-state index contributed by atoms with van der Waals surface area (Å²) in [5, 5.41) is 5.29. The van der Waals surface area contributed by atoms with Crippen molar-refractivity contribution in [3.8, 4) is 0 Å². The lowest BCUT2D eigenvalue weighted by Crippen LogP contribution is -2.44. The molecule has 0 saturated carbocycles. The second-order valence-corrected chi connectivity index (χ2v) is 5.32. The van der Waals surface area contributed by atoms with Crippen LogP contribution in [0.1, 0.15) is 18.1 Å². The summed E-state index contributed by atoms with van der Waals surface area (Å²) in [4.78, 5) is 23.8. The van der Waals surface area contributed by atoms with E-state index in [1.165, 1.54) is 18.2 Å². The second kappa shape index (κ2) is 8.62. The van der Waals surface area contributed by atoms with Crippen molar-refractivity contribution in [3.63, 3.8) is 0 Å². The highest BCUT2D eigenvalue weighted by Crippen LogP contribution is 2.02. The molecule has 0 radical (unpaired) electrons. The molecule has 5 heteroatoms. The van der Waals surface area contributed by atoms with E-state index in [9.17, 15) is 14.0 Å². The molecule has 0 fully saturated rings. The van der Waals surface area contributed by atoms with E-state index < -0.39 is 6.04 Å². The van der Waals surface area contributed by atoms with Crippen LogP contribution in [0, 0.1) is 5.82 Å². The average Bonchev–Trinajstić information content (AvgIpc) is 2.60. The third-order valence-corrected chi connectivity index (χ3v) is 3.36. The van der Waals surface area contributed by atoms with E-state index in [0.717, 1.165) is 11.1 Å². The van der Waals surface area contributed by atoms with Gasteiger partial charge in [0, 0.05) is 12.6 Å². The zero-order valence-electron chi connectivity index (χ0n) is 13.3. The Hall–Kier alpha value is -2.95. The summed E-state index contributed by atoms with van der Waals surface area (Å²) in [6.45, 7) is 1.88. The standard InChI is InChI=1S/C19H19FN2O2/c1-14(19(24)21-13-16-7-10-17(20)11-8-16)22-18(23)12-9-15-5-3-2-4-6-15/h2-12,14H,13H2,1H3,(H,21,24)(H,22,23)/b12-9+. The van der Waals surface area contributed by atoms with Crippen LogP contribution in [0.15, 0.2) is 60.7 Å².